The molecule has 0 amide bonds. The number of ether oxygens (including phenoxy) is 1. The molecule has 0 fully saturated rings. The Hall–Kier alpha value is -2.07. The monoisotopic (exact) mass is 273 g/mol. The van der Waals surface area contributed by atoms with Crippen LogP contribution < -0.4 is 4.74 Å². The quantitative estimate of drug-likeness (QED) is 0.736. The molecule has 0 radical (unpaired) electrons. The molecule has 0 spiro atoms. The highest BCUT2D eigenvalue weighted by Crippen LogP contribution is 2.21. The number of hydrogen-bond donors (Lipinski definition) is 0. The predicted molar refractivity (Wildman–Crippen MR) is 74.3 cm³/mol. The molecule has 1 aromatic carbocycles. The molecule has 0 aliphatic carbocycles. The minimum absolute atomic E-state index is 0.444. The van der Waals surface area contributed by atoms with Gasteiger partial charge in [-0.15, -0.1) is 0 Å². The summed E-state index contributed by atoms with van der Waals surface area (Å²) in [5.41, 5.74) is 2.82. The van der Waals surface area contributed by atoms with Gasteiger partial charge in [-0.3, -0.25) is 0 Å². The molecule has 2 aromatic heterocycles. The van der Waals surface area contributed by atoms with E-state index in [4.69, 9.17) is 16.3 Å². The maximum Gasteiger partial charge on any atom is 0.242 e. The number of aromatic nitrogens is 3. The summed E-state index contributed by atoms with van der Waals surface area (Å²) >= 11 is 5.84. The zero-order valence-corrected chi connectivity index (χ0v) is 11.1. The number of benzene rings is 1. The molecular formula is C14H12ClN3O. The van der Waals surface area contributed by atoms with Crippen molar-refractivity contribution in [2.24, 2.45) is 7.05 Å². The fourth-order valence-electron chi connectivity index (χ4n) is 1.88. The fraction of sp³-hybridized carbons (Fsp3) is 0.143. The Morgan fingerprint density at radius 3 is 2.74 bits per heavy atom. The molecule has 19 heavy (non-hydrogen) atoms. The SMILES string of the molecule is Cn1cnc2c(OCc3ccc(Cl)cc3)nccc21. The van der Waals surface area contributed by atoms with Gasteiger partial charge in [0.2, 0.25) is 5.88 Å². The first-order valence-corrected chi connectivity index (χ1v) is 6.25. The fourth-order valence-corrected chi connectivity index (χ4v) is 2.00. The third-order valence-corrected chi connectivity index (χ3v) is 3.15. The van der Waals surface area contributed by atoms with Crippen molar-refractivity contribution in [3.63, 3.8) is 0 Å². The van der Waals surface area contributed by atoms with E-state index >= 15 is 0 Å². The number of fused-ring (bicyclic) bond motifs is 1. The standard InChI is InChI=1S/C14H12ClN3O/c1-18-9-17-13-12(18)6-7-16-14(13)19-8-10-2-4-11(15)5-3-10/h2-7,9H,8H2,1H3. The van der Waals surface area contributed by atoms with Gasteiger partial charge in [0.05, 0.1) is 11.8 Å². The van der Waals surface area contributed by atoms with E-state index in [1.54, 1.807) is 12.5 Å². The molecule has 2 heterocycles. The van der Waals surface area contributed by atoms with E-state index in [1.165, 1.54) is 0 Å². The van der Waals surface area contributed by atoms with Crippen molar-refractivity contribution >= 4 is 22.6 Å². The molecule has 0 saturated heterocycles. The number of halogens is 1. The maximum atomic E-state index is 5.84. The van der Waals surface area contributed by atoms with Crippen molar-refractivity contribution in [1.82, 2.24) is 14.5 Å². The summed E-state index contributed by atoms with van der Waals surface area (Å²) in [5.74, 6) is 0.549. The van der Waals surface area contributed by atoms with Gasteiger partial charge >= 0.3 is 0 Å². The van der Waals surface area contributed by atoms with E-state index in [9.17, 15) is 0 Å². The molecule has 3 rings (SSSR count). The minimum atomic E-state index is 0.444. The Kier molecular flexibility index (Phi) is 3.09. The molecular weight excluding hydrogens is 262 g/mol. The smallest absolute Gasteiger partial charge is 0.242 e. The van der Waals surface area contributed by atoms with E-state index in [2.05, 4.69) is 9.97 Å². The average molecular weight is 274 g/mol. The van der Waals surface area contributed by atoms with E-state index in [-0.39, 0.29) is 0 Å². The first-order valence-electron chi connectivity index (χ1n) is 5.87. The van der Waals surface area contributed by atoms with Crippen LogP contribution in [-0.4, -0.2) is 14.5 Å². The van der Waals surface area contributed by atoms with Crippen LogP contribution in [0.5, 0.6) is 5.88 Å². The second-order valence-corrected chi connectivity index (χ2v) is 4.69. The average Bonchev–Trinajstić information content (AvgIpc) is 2.81. The molecule has 0 aliphatic heterocycles. The van der Waals surface area contributed by atoms with Crippen LogP contribution in [0, 0.1) is 0 Å². The Bertz CT molecular complexity index is 706. The van der Waals surface area contributed by atoms with Crippen molar-refractivity contribution in [2.45, 2.75) is 6.61 Å². The maximum absolute atomic E-state index is 5.84. The Balaban J connectivity index is 1.83. The van der Waals surface area contributed by atoms with Crippen molar-refractivity contribution in [3.8, 4) is 5.88 Å². The van der Waals surface area contributed by atoms with Crippen molar-refractivity contribution in [2.75, 3.05) is 0 Å². The van der Waals surface area contributed by atoms with Gasteiger partial charge in [-0.25, -0.2) is 9.97 Å². The van der Waals surface area contributed by atoms with Gasteiger partial charge in [0.15, 0.2) is 5.52 Å². The Labute approximate surface area is 115 Å². The van der Waals surface area contributed by atoms with Gasteiger partial charge in [-0.2, -0.15) is 0 Å². The van der Waals surface area contributed by atoms with Crippen LogP contribution in [0.3, 0.4) is 0 Å². The van der Waals surface area contributed by atoms with Crippen LogP contribution in [0.2, 0.25) is 5.02 Å². The van der Waals surface area contributed by atoms with E-state index in [0.29, 0.717) is 17.5 Å². The number of hydrogen-bond acceptors (Lipinski definition) is 3. The Morgan fingerprint density at radius 2 is 1.95 bits per heavy atom. The van der Waals surface area contributed by atoms with Crippen LogP contribution in [-0.2, 0) is 13.7 Å². The number of rotatable bonds is 3. The van der Waals surface area contributed by atoms with E-state index < -0.39 is 0 Å². The van der Waals surface area contributed by atoms with Gasteiger partial charge < -0.3 is 9.30 Å². The molecule has 3 aromatic rings. The van der Waals surface area contributed by atoms with Crippen molar-refractivity contribution in [1.29, 1.82) is 0 Å². The first kappa shape index (κ1) is 12.0. The zero-order valence-electron chi connectivity index (χ0n) is 10.4. The molecule has 0 atom stereocenters. The van der Waals surface area contributed by atoms with Gasteiger partial charge in [0.1, 0.15) is 6.61 Å². The Morgan fingerprint density at radius 1 is 1.16 bits per heavy atom. The lowest BCUT2D eigenvalue weighted by atomic mass is 10.2. The molecule has 0 unspecified atom stereocenters. The van der Waals surface area contributed by atoms with Crippen LogP contribution in [0.15, 0.2) is 42.9 Å². The highest BCUT2D eigenvalue weighted by atomic mass is 35.5. The third kappa shape index (κ3) is 2.39. The summed E-state index contributed by atoms with van der Waals surface area (Å²) in [5, 5.41) is 0.716. The van der Waals surface area contributed by atoms with E-state index in [1.807, 2.05) is 41.9 Å². The lowest BCUT2D eigenvalue weighted by Gasteiger charge is -2.06. The zero-order chi connectivity index (χ0) is 13.2. The lowest BCUT2D eigenvalue weighted by Crippen LogP contribution is -1.98. The van der Waals surface area contributed by atoms with Crippen molar-refractivity contribution < 1.29 is 4.74 Å². The van der Waals surface area contributed by atoms with Gasteiger partial charge in [0, 0.05) is 18.3 Å². The number of aryl methyl sites for hydroxylation is 1. The molecule has 4 nitrogen and oxygen atoms in total. The summed E-state index contributed by atoms with van der Waals surface area (Å²) in [4.78, 5) is 8.53. The summed E-state index contributed by atoms with van der Waals surface area (Å²) in [6.45, 7) is 0.444. The normalized spacial score (nSPS) is 10.8. The minimum Gasteiger partial charge on any atom is -0.471 e. The predicted octanol–water partition coefficient (Wildman–Crippen LogP) is 3.20. The summed E-state index contributed by atoms with van der Waals surface area (Å²) in [6, 6.07) is 9.46. The van der Waals surface area contributed by atoms with Gasteiger partial charge in [0.25, 0.3) is 0 Å². The highest BCUT2D eigenvalue weighted by molar-refractivity contribution is 6.30. The third-order valence-electron chi connectivity index (χ3n) is 2.90. The van der Waals surface area contributed by atoms with Crippen molar-refractivity contribution in [3.05, 3.63) is 53.4 Å². The largest absolute Gasteiger partial charge is 0.471 e. The summed E-state index contributed by atoms with van der Waals surface area (Å²) < 4.78 is 7.67. The first-order chi connectivity index (χ1) is 9.24. The summed E-state index contributed by atoms with van der Waals surface area (Å²) in [6.07, 6.45) is 3.47. The molecule has 0 saturated carbocycles. The highest BCUT2D eigenvalue weighted by Gasteiger charge is 2.08. The number of pyridine rings is 1. The van der Waals surface area contributed by atoms with Crippen LogP contribution in [0.4, 0.5) is 0 Å². The van der Waals surface area contributed by atoms with Crippen LogP contribution in [0.25, 0.3) is 11.0 Å². The van der Waals surface area contributed by atoms with Gasteiger partial charge in [-0.1, -0.05) is 23.7 Å². The van der Waals surface area contributed by atoms with Gasteiger partial charge in [-0.05, 0) is 23.8 Å². The van der Waals surface area contributed by atoms with Crippen LogP contribution >= 0.6 is 11.6 Å². The number of imidazole rings is 1. The molecule has 0 N–H and O–H groups in total. The summed E-state index contributed by atoms with van der Waals surface area (Å²) in [7, 11) is 1.94. The molecule has 0 bridgehead atoms. The lowest BCUT2D eigenvalue weighted by molar-refractivity contribution is 0.297. The topological polar surface area (TPSA) is 39.9 Å². The molecule has 0 aliphatic rings. The second kappa shape index (κ2) is 4.90. The molecule has 96 valence electrons. The second-order valence-electron chi connectivity index (χ2n) is 4.25. The molecule has 5 heteroatoms. The number of nitrogens with zero attached hydrogens (tertiary/aromatic N) is 3. The van der Waals surface area contributed by atoms with Crippen LogP contribution in [0.1, 0.15) is 5.56 Å². The van der Waals surface area contributed by atoms with E-state index in [0.717, 1.165) is 16.6 Å².